The standard InChI is InChI=1S/C14H13N3O2S/c1-10-4-3-7-16-14(10)17-20(18,19)13-6-5-12(9-15)11(2)8-13/h3-8H,1-2H3,(H,16,17). The number of aryl methyl sites for hydroxylation is 2. The van der Waals surface area contributed by atoms with Crippen molar-refractivity contribution in [1.29, 1.82) is 5.26 Å². The molecule has 0 aliphatic rings. The fourth-order valence-electron chi connectivity index (χ4n) is 1.71. The second-order valence-corrected chi connectivity index (χ2v) is 6.05. The Kier molecular flexibility index (Phi) is 3.72. The van der Waals surface area contributed by atoms with Crippen molar-refractivity contribution in [2.24, 2.45) is 0 Å². The molecule has 2 aromatic rings. The second kappa shape index (κ2) is 5.31. The number of aromatic nitrogens is 1. The Morgan fingerprint density at radius 1 is 1.20 bits per heavy atom. The molecule has 0 amide bonds. The lowest BCUT2D eigenvalue weighted by atomic mass is 10.1. The SMILES string of the molecule is Cc1cc(S(=O)(=O)Nc2ncccc2C)ccc1C#N. The van der Waals surface area contributed by atoms with Crippen LogP contribution in [-0.2, 0) is 10.0 Å². The maximum atomic E-state index is 12.3. The first-order valence-corrected chi connectivity index (χ1v) is 7.37. The maximum Gasteiger partial charge on any atom is 0.263 e. The molecule has 0 fully saturated rings. The quantitative estimate of drug-likeness (QED) is 0.939. The van der Waals surface area contributed by atoms with Gasteiger partial charge in [0.15, 0.2) is 0 Å². The number of nitriles is 1. The van der Waals surface area contributed by atoms with Gasteiger partial charge in [-0.2, -0.15) is 5.26 Å². The summed E-state index contributed by atoms with van der Waals surface area (Å²) in [7, 11) is -3.71. The molecule has 1 heterocycles. The molecule has 0 spiro atoms. The number of hydrogen-bond acceptors (Lipinski definition) is 4. The number of sulfonamides is 1. The Labute approximate surface area is 118 Å². The van der Waals surface area contributed by atoms with Gasteiger partial charge >= 0.3 is 0 Å². The largest absolute Gasteiger partial charge is 0.263 e. The minimum atomic E-state index is -3.71. The van der Waals surface area contributed by atoms with Crippen LogP contribution in [0.1, 0.15) is 16.7 Å². The van der Waals surface area contributed by atoms with Crippen LogP contribution in [0.3, 0.4) is 0 Å². The number of nitrogens with zero attached hydrogens (tertiary/aromatic N) is 2. The summed E-state index contributed by atoms with van der Waals surface area (Å²) in [5.41, 5.74) is 1.81. The van der Waals surface area contributed by atoms with Crippen LogP contribution < -0.4 is 4.72 Å². The average molecular weight is 287 g/mol. The van der Waals surface area contributed by atoms with Crippen LogP contribution in [0.25, 0.3) is 0 Å². The van der Waals surface area contributed by atoms with E-state index in [1.54, 1.807) is 26.0 Å². The molecular formula is C14H13N3O2S. The molecule has 5 nitrogen and oxygen atoms in total. The molecule has 0 aliphatic heterocycles. The molecule has 0 aliphatic carbocycles. The molecule has 0 radical (unpaired) electrons. The van der Waals surface area contributed by atoms with Gasteiger partial charge in [0.1, 0.15) is 5.82 Å². The summed E-state index contributed by atoms with van der Waals surface area (Å²) >= 11 is 0. The van der Waals surface area contributed by atoms with Gasteiger partial charge in [0.05, 0.1) is 16.5 Å². The summed E-state index contributed by atoms with van der Waals surface area (Å²) in [4.78, 5) is 4.11. The minimum Gasteiger partial charge on any atom is -0.263 e. The van der Waals surface area contributed by atoms with E-state index in [0.29, 0.717) is 16.9 Å². The highest BCUT2D eigenvalue weighted by atomic mass is 32.2. The van der Waals surface area contributed by atoms with Gasteiger partial charge in [-0.25, -0.2) is 13.4 Å². The van der Waals surface area contributed by atoms with E-state index in [1.807, 2.05) is 6.07 Å². The van der Waals surface area contributed by atoms with E-state index in [1.165, 1.54) is 24.4 Å². The third kappa shape index (κ3) is 2.78. The fourth-order valence-corrected chi connectivity index (χ4v) is 2.87. The van der Waals surface area contributed by atoms with Crippen molar-refractivity contribution < 1.29 is 8.42 Å². The van der Waals surface area contributed by atoms with Crippen LogP contribution in [-0.4, -0.2) is 13.4 Å². The van der Waals surface area contributed by atoms with Crippen LogP contribution >= 0.6 is 0 Å². The summed E-state index contributed by atoms with van der Waals surface area (Å²) < 4.78 is 27.0. The van der Waals surface area contributed by atoms with Crippen molar-refractivity contribution in [3.63, 3.8) is 0 Å². The monoisotopic (exact) mass is 287 g/mol. The van der Waals surface area contributed by atoms with E-state index < -0.39 is 10.0 Å². The summed E-state index contributed by atoms with van der Waals surface area (Å²) in [6.45, 7) is 3.47. The summed E-state index contributed by atoms with van der Waals surface area (Å²) in [5.74, 6) is 0.300. The van der Waals surface area contributed by atoms with Gasteiger partial charge in [0.25, 0.3) is 10.0 Å². The first-order chi connectivity index (χ1) is 9.44. The Bertz CT molecular complexity index is 792. The molecule has 20 heavy (non-hydrogen) atoms. The Morgan fingerprint density at radius 3 is 2.55 bits per heavy atom. The molecule has 2 rings (SSSR count). The van der Waals surface area contributed by atoms with Crippen molar-refractivity contribution >= 4 is 15.8 Å². The lowest BCUT2D eigenvalue weighted by molar-refractivity contribution is 0.601. The van der Waals surface area contributed by atoms with Crippen molar-refractivity contribution in [2.75, 3.05) is 4.72 Å². The predicted octanol–water partition coefficient (Wildman–Crippen LogP) is 2.37. The van der Waals surface area contributed by atoms with Gasteiger partial charge in [0, 0.05) is 6.20 Å². The zero-order valence-electron chi connectivity index (χ0n) is 11.1. The van der Waals surface area contributed by atoms with E-state index in [0.717, 1.165) is 5.56 Å². The number of hydrogen-bond donors (Lipinski definition) is 1. The van der Waals surface area contributed by atoms with Gasteiger partial charge in [-0.15, -0.1) is 0 Å². The molecule has 0 saturated carbocycles. The second-order valence-electron chi connectivity index (χ2n) is 4.36. The topological polar surface area (TPSA) is 82.8 Å². The number of pyridine rings is 1. The van der Waals surface area contributed by atoms with Crippen molar-refractivity contribution in [1.82, 2.24) is 4.98 Å². The number of benzene rings is 1. The average Bonchev–Trinajstić information content (AvgIpc) is 2.41. The Hall–Kier alpha value is -2.39. The molecule has 0 bridgehead atoms. The molecule has 6 heteroatoms. The molecular weight excluding hydrogens is 274 g/mol. The molecule has 0 saturated heterocycles. The van der Waals surface area contributed by atoms with Crippen LogP contribution in [0.2, 0.25) is 0 Å². The molecule has 1 N–H and O–H groups in total. The highest BCUT2D eigenvalue weighted by Crippen LogP contribution is 2.19. The lowest BCUT2D eigenvalue weighted by Crippen LogP contribution is -2.15. The van der Waals surface area contributed by atoms with Gasteiger partial charge in [-0.05, 0) is 49.2 Å². The van der Waals surface area contributed by atoms with E-state index in [9.17, 15) is 8.42 Å². The highest BCUT2D eigenvalue weighted by molar-refractivity contribution is 7.92. The Balaban J connectivity index is 2.39. The van der Waals surface area contributed by atoms with Crippen molar-refractivity contribution in [3.05, 3.63) is 53.2 Å². The van der Waals surface area contributed by atoms with E-state index in [4.69, 9.17) is 5.26 Å². The molecule has 102 valence electrons. The van der Waals surface area contributed by atoms with Gasteiger partial charge in [0.2, 0.25) is 0 Å². The number of anilines is 1. The zero-order chi connectivity index (χ0) is 14.8. The molecule has 0 unspecified atom stereocenters. The minimum absolute atomic E-state index is 0.110. The van der Waals surface area contributed by atoms with Gasteiger partial charge in [-0.3, -0.25) is 4.72 Å². The number of nitrogens with one attached hydrogen (secondary N) is 1. The molecule has 1 aromatic carbocycles. The first-order valence-electron chi connectivity index (χ1n) is 5.89. The van der Waals surface area contributed by atoms with E-state index >= 15 is 0 Å². The fraction of sp³-hybridized carbons (Fsp3) is 0.143. The van der Waals surface area contributed by atoms with Gasteiger partial charge < -0.3 is 0 Å². The molecule has 0 atom stereocenters. The highest BCUT2D eigenvalue weighted by Gasteiger charge is 2.16. The lowest BCUT2D eigenvalue weighted by Gasteiger charge is -2.10. The van der Waals surface area contributed by atoms with E-state index in [-0.39, 0.29) is 4.90 Å². The first kappa shape index (κ1) is 14.0. The summed E-state index contributed by atoms with van der Waals surface area (Å²) in [6, 6.07) is 9.89. The van der Waals surface area contributed by atoms with Crippen LogP contribution in [0.15, 0.2) is 41.4 Å². The Morgan fingerprint density at radius 2 is 1.95 bits per heavy atom. The summed E-state index contributed by atoms with van der Waals surface area (Å²) in [5, 5.41) is 8.86. The zero-order valence-corrected chi connectivity index (χ0v) is 11.9. The van der Waals surface area contributed by atoms with Crippen LogP contribution in [0.5, 0.6) is 0 Å². The number of rotatable bonds is 3. The van der Waals surface area contributed by atoms with Crippen LogP contribution in [0, 0.1) is 25.2 Å². The molecule has 1 aromatic heterocycles. The van der Waals surface area contributed by atoms with Crippen molar-refractivity contribution in [3.8, 4) is 6.07 Å². The van der Waals surface area contributed by atoms with Gasteiger partial charge in [-0.1, -0.05) is 6.07 Å². The van der Waals surface area contributed by atoms with E-state index in [2.05, 4.69) is 9.71 Å². The summed E-state index contributed by atoms with van der Waals surface area (Å²) in [6.07, 6.45) is 1.52. The maximum absolute atomic E-state index is 12.3. The van der Waals surface area contributed by atoms with Crippen LogP contribution in [0.4, 0.5) is 5.82 Å². The smallest absolute Gasteiger partial charge is 0.263 e. The third-order valence-electron chi connectivity index (χ3n) is 2.87. The van der Waals surface area contributed by atoms with Crippen molar-refractivity contribution in [2.45, 2.75) is 18.7 Å². The normalized spacial score (nSPS) is 10.8. The third-order valence-corrected chi connectivity index (χ3v) is 4.21. The predicted molar refractivity (Wildman–Crippen MR) is 75.7 cm³/mol.